The van der Waals surface area contributed by atoms with Crippen LogP contribution in [0.5, 0.6) is 0 Å². The van der Waals surface area contributed by atoms with Gasteiger partial charge in [0.15, 0.2) is 0 Å². The van der Waals surface area contributed by atoms with Crippen molar-refractivity contribution in [2.75, 3.05) is 0 Å². The molecule has 11 aromatic rings. The molecule has 12 rings (SSSR count). The summed E-state index contributed by atoms with van der Waals surface area (Å²) in [5, 5.41) is 5.12. The molecule has 5 heteroatoms. The Morgan fingerprint density at radius 2 is 1.12 bits per heavy atom. The summed E-state index contributed by atoms with van der Waals surface area (Å²) in [7, 11) is 0. The molecule has 0 unspecified atom stereocenters. The zero-order valence-electron chi connectivity index (χ0n) is 30.8. The van der Waals surface area contributed by atoms with Gasteiger partial charge in [-0.2, -0.15) is 0 Å². The molecular weight excluding hydrogens is 771 g/mol. The van der Waals surface area contributed by atoms with E-state index in [0.717, 1.165) is 33.9 Å². The number of benzene rings is 8. The molecular formula is C52H33GeN3S. The van der Waals surface area contributed by atoms with E-state index >= 15 is 0 Å². The standard InChI is InChI=1S/C52H33GeN3S/c1-4-17-34(18-5-1)52-54-49(48-41-26-10-13-28-43(41)53(51(48)55-52,36-20-6-2-7-21-36)37-22-8-3-9-23-37)35-19-16-24-38(33-35)56-44-29-14-11-25-39(44)40-31-32-46-47(50(40)56)42-27-12-15-30-45(42)57-46/h1-33H. The molecule has 0 fully saturated rings. The molecule has 3 aromatic heterocycles. The third-order valence-corrected chi connectivity index (χ3v) is 22.9. The average molecular weight is 805 g/mol. The van der Waals surface area contributed by atoms with Crippen molar-refractivity contribution in [3.63, 3.8) is 0 Å². The summed E-state index contributed by atoms with van der Waals surface area (Å²) in [6.07, 6.45) is 0. The Labute approximate surface area is 336 Å². The average Bonchev–Trinajstić information content (AvgIpc) is 3.93. The molecule has 0 saturated heterocycles. The number of hydrogen-bond donors (Lipinski definition) is 0. The van der Waals surface area contributed by atoms with Crippen molar-refractivity contribution in [2.45, 2.75) is 0 Å². The molecule has 0 saturated carbocycles. The minimum atomic E-state index is -3.68. The van der Waals surface area contributed by atoms with Gasteiger partial charge in [0.05, 0.1) is 0 Å². The monoisotopic (exact) mass is 805 g/mol. The van der Waals surface area contributed by atoms with E-state index < -0.39 is 13.3 Å². The summed E-state index contributed by atoms with van der Waals surface area (Å²) in [5.74, 6) is 0.757. The van der Waals surface area contributed by atoms with E-state index in [1.807, 2.05) is 11.3 Å². The van der Waals surface area contributed by atoms with E-state index in [0.29, 0.717) is 0 Å². The van der Waals surface area contributed by atoms with Crippen molar-refractivity contribution in [3.8, 4) is 39.5 Å². The maximum absolute atomic E-state index is 5.71. The second-order valence-electron chi connectivity index (χ2n) is 14.8. The van der Waals surface area contributed by atoms with Crippen LogP contribution in [0.2, 0.25) is 0 Å². The zero-order valence-corrected chi connectivity index (χ0v) is 33.7. The fraction of sp³-hybridized carbons (Fsp3) is 0. The van der Waals surface area contributed by atoms with Crippen molar-refractivity contribution in [1.82, 2.24) is 14.5 Å². The molecule has 1 aliphatic heterocycles. The molecule has 0 bridgehead atoms. The van der Waals surface area contributed by atoms with Crippen LogP contribution in [0.1, 0.15) is 0 Å². The summed E-state index contributed by atoms with van der Waals surface area (Å²) in [5.41, 5.74) is 9.00. The quantitative estimate of drug-likeness (QED) is 0.162. The summed E-state index contributed by atoms with van der Waals surface area (Å²) >= 11 is -1.81. The van der Waals surface area contributed by atoms with E-state index in [4.69, 9.17) is 9.97 Å². The summed E-state index contributed by atoms with van der Waals surface area (Å²) in [6.45, 7) is 0. The predicted molar refractivity (Wildman–Crippen MR) is 243 cm³/mol. The van der Waals surface area contributed by atoms with Crippen LogP contribution in [0.25, 0.3) is 81.4 Å². The van der Waals surface area contributed by atoms with Crippen LogP contribution >= 0.6 is 11.3 Å². The predicted octanol–water partition coefficient (Wildman–Crippen LogP) is 10.6. The minimum absolute atomic E-state index is 0.757. The van der Waals surface area contributed by atoms with Crippen molar-refractivity contribution in [2.24, 2.45) is 0 Å². The first-order chi connectivity index (χ1) is 28.3. The van der Waals surface area contributed by atoms with Gasteiger partial charge in [0.25, 0.3) is 0 Å². The van der Waals surface area contributed by atoms with E-state index in [9.17, 15) is 0 Å². The van der Waals surface area contributed by atoms with Gasteiger partial charge in [-0.3, -0.25) is 0 Å². The van der Waals surface area contributed by atoms with Gasteiger partial charge in [-0.15, -0.1) is 0 Å². The van der Waals surface area contributed by atoms with Gasteiger partial charge in [-0.25, -0.2) is 0 Å². The van der Waals surface area contributed by atoms with E-state index in [2.05, 4.69) is 205 Å². The summed E-state index contributed by atoms with van der Waals surface area (Å²) < 4.78 is 10.4. The zero-order chi connectivity index (χ0) is 37.5. The molecule has 57 heavy (non-hydrogen) atoms. The molecule has 0 spiro atoms. The normalized spacial score (nSPS) is 13.1. The number of rotatable bonds is 5. The first-order valence-electron chi connectivity index (χ1n) is 19.4. The number of para-hydroxylation sites is 1. The maximum atomic E-state index is 5.71. The molecule has 0 radical (unpaired) electrons. The third-order valence-electron chi connectivity index (χ3n) is 11.9. The Bertz CT molecular complexity index is 3310. The Morgan fingerprint density at radius 1 is 0.474 bits per heavy atom. The Balaban J connectivity index is 1.19. The Kier molecular flexibility index (Phi) is 7.28. The molecule has 0 atom stereocenters. The van der Waals surface area contributed by atoms with Gasteiger partial charge >= 0.3 is 332 Å². The van der Waals surface area contributed by atoms with Crippen LogP contribution in [0.3, 0.4) is 0 Å². The van der Waals surface area contributed by atoms with Crippen LogP contribution in [0, 0.1) is 0 Å². The SMILES string of the molecule is c1ccc(-c2nc(-c3cccc(-n4c5ccccc5c5ccc6sc7ccccc7c6c54)c3)c3[c](n2)[Ge]([c]2ccccc2)([c]2ccccc2)[c]2ccccc2-3)cc1. The number of thiophene rings is 1. The van der Waals surface area contributed by atoms with E-state index in [1.54, 1.807) is 0 Å². The number of fused-ring (bicyclic) bond motifs is 10. The van der Waals surface area contributed by atoms with Crippen molar-refractivity contribution < 1.29 is 0 Å². The molecule has 266 valence electrons. The molecule has 1 aliphatic rings. The first-order valence-corrected chi connectivity index (χ1v) is 24.4. The molecule has 0 amide bonds. The molecule has 8 aromatic carbocycles. The van der Waals surface area contributed by atoms with Crippen LogP contribution in [-0.4, -0.2) is 27.8 Å². The van der Waals surface area contributed by atoms with Gasteiger partial charge in [0, 0.05) is 0 Å². The second-order valence-corrected chi connectivity index (χ2v) is 23.6. The molecule has 4 heterocycles. The number of nitrogens with zero attached hydrogens (tertiary/aromatic N) is 3. The van der Waals surface area contributed by atoms with Crippen molar-refractivity contribution >= 4 is 84.3 Å². The van der Waals surface area contributed by atoms with Gasteiger partial charge in [0.2, 0.25) is 0 Å². The van der Waals surface area contributed by atoms with Crippen molar-refractivity contribution in [3.05, 3.63) is 200 Å². The number of aromatic nitrogens is 3. The number of hydrogen-bond acceptors (Lipinski definition) is 3. The topological polar surface area (TPSA) is 30.7 Å². The third kappa shape index (κ3) is 4.72. The summed E-state index contributed by atoms with van der Waals surface area (Å²) in [6, 6.07) is 73.2. The van der Waals surface area contributed by atoms with Crippen LogP contribution < -0.4 is 17.7 Å². The van der Waals surface area contributed by atoms with E-state index in [-0.39, 0.29) is 0 Å². The first kappa shape index (κ1) is 32.6. The van der Waals surface area contributed by atoms with Gasteiger partial charge in [0.1, 0.15) is 0 Å². The van der Waals surface area contributed by atoms with Gasteiger partial charge < -0.3 is 0 Å². The Hall–Kier alpha value is -6.60. The second kappa shape index (κ2) is 12.7. The molecule has 3 nitrogen and oxygen atoms in total. The fourth-order valence-corrected chi connectivity index (χ4v) is 21.1. The van der Waals surface area contributed by atoms with Crippen molar-refractivity contribution in [1.29, 1.82) is 0 Å². The van der Waals surface area contributed by atoms with Gasteiger partial charge in [-0.05, 0) is 0 Å². The molecule has 0 aliphatic carbocycles. The van der Waals surface area contributed by atoms with Crippen LogP contribution in [-0.2, 0) is 0 Å². The van der Waals surface area contributed by atoms with Gasteiger partial charge in [-0.1, -0.05) is 6.07 Å². The molecule has 0 N–H and O–H groups in total. The van der Waals surface area contributed by atoms with E-state index in [1.165, 1.54) is 65.3 Å². The van der Waals surface area contributed by atoms with Crippen LogP contribution in [0.15, 0.2) is 200 Å². The fourth-order valence-electron chi connectivity index (χ4n) is 9.52. The van der Waals surface area contributed by atoms with Crippen LogP contribution in [0.4, 0.5) is 0 Å². The summed E-state index contributed by atoms with van der Waals surface area (Å²) in [4.78, 5) is 11.3. The Morgan fingerprint density at radius 3 is 1.91 bits per heavy atom.